The van der Waals surface area contributed by atoms with Crippen LogP contribution in [0.2, 0.25) is 5.02 Å². The standard InChI is InChI=1S/C23H22Cl2F2N2O3/c24-13-3-1-2-12(6-13)17-18(19(30)31)29-22(8-21(9-22,10-26)11-27)23(17)15-5-4-14(25)7-16(15)28-20(23)32/h1-7,15-18,29H,8-11H2,(H,28,32)(H,30,31)/t15?,16?,17-,18+,23+/m0/s1. The van der Waals surface area contributed by atoms with Crippen LogP contribution in [0.3, 0.4) is 0 Å². The van der Waals surface area contributed by atoms with E-state index >= 15 is 0 Å². The van der Waals surface area contributed by atoms with Crippen LogP contribution in [0.4, 0.5) is 8.78 Å². The van der Waals surface area contributed by atoms with Gasteiger partial charge in [0.05, 0.1) is 24.8 Å². The third kappa shape index (κ3) is 2.71. The Morgan fingerprint density at radius 2 is 1.94 bits per heavy atom. The van der Waals surface area contributed by atoms with Gasteiger partial charge in [0.1, 0.15) is 6.04 Å². The van der Waals surface area contributed by atoms with Crippen LogP contribution in [0, 0.1) is 16.7 Å². The molecule has 1 aromatic carbocycles. The van der Waals surface area contributed by atoms with Crippen LogP contribution >= 0.6 is 23.2 Å². The highest BCUT2D eigenvalue weighted by molar-refractivity contribution is 6.31. The van der Waals surface area contributed by atoms with Gasteiger partial charge in [-0.05, 0) is 42.7 Å². The molecule has 2 saturated heterocycles. The Kier molecular flexibility index (Phi) is 4.97. The predicted molar refractivity (Wildman–Crippen MR) is 116 cm³/mol. The van der Waals surface area contributed by atoms with E-state index < -0.39 is 59.6 Å². The first-order chi connectivity index (χ1) is 15.2. The average molecular weight is 483 g/mol. The van der Waals surface area contributed by atoms with Crippen LogP contribution in [0.5, 0.6) is 0 Å². The normalized spacial score (nSPS) is 36.0. The van der Waals surface area contributed by atoms with E-state index in [1.165, 1.54) is 0 Å². The molecule has 32 heavy (non-hydrogen) atoms. The monoisotopic (exact) mass is 482 g/mol. The molecule has 0 bridgehead atoms. The van der Waals surface area contributed by atoms with Gasteiger partial charge in [0.25, 0.3) is 0 Å². The number of halogens is 4. The van der Waals surface area contributed by atoms with E-state index in [2.05, 4.69) is 10.6 Å². The van der Waals surface area contributed by atoms with Crippen molar-refractivity contribution in [2.45, 2.75) is 36.4 Å². The molecule has 1 saturated carbocycles. The summed E-state index contributed by atoms with van der Waals surface area (Å²) < 4.78 is 27.7. The number of carboxylic acid groups (broad SMARTS) is 1. The summed E-state index contributed by atoms with van der Waals surface area (Å²) >= 11 is 12.4. The largest absolute Gasteiger partial charge is 0.480 e. The summed E-state index contributed by atoms with van der Waals surface area (Å²) in [6, 6.07) is 5.22. The molecule has 2 aliphatic carbocycles. The third-order valence-corrected chi connectivity index (χ3v) is 8.32. The van der Waals surface area contributed by atoms with Crippen molar-refractivity contribution < 1.29 is 23.5 Å². The molecule has 5 atom stereocenters. The van der Waals surface area contributed by atoms with Crippen molar-refractivity contribution in [3.8, 4) is 0 Å². The number of fused-ring (bicyclic) bond motifs is 3. The average Bonchev–Trinajstić information content (AvgIpc) is 3.20. The Labute approximate surface area is 193 Å². The second kappa shape index (κ2) is 7.27. The first-order valence-corrected chi connectivity index (χ1v) is 11.2. The number of amides is 1. The Balaban J connectivity index is 1.74. The summed E-state index contributed by atoms with van der Waals surface area (Å²) in [5.74, 6) is -2.72. The molecule has 5 nitrogen and oxygen atoms in total. The molecule has 9 heteroatoms. The minimum absolute atomic E-state index is 0.0236. The lowest BCUT2D eigenvalue weighted by Gasteiger charge is -2.60. The van der Waals surface area contributed by atoms with Gasteiger partial charge in [0.15, 0.2) is 0 Å². The van der Waals surface area contributed by atoms with Gasteiger partial charge in [0.2, 0.25) is 5.91 Å². The van der Waals surface area contributed by atoms with Crippen molar-refractivity contribution in [1.82, 2.24) is 10.6 Å². The fraction of sp³-hybridized carbons (Fsp3) is 0.478. The fourth-order valence-electron chi connectivity index (χ4n) is 6.79. The van der Waals surface area contributed by atoms with E-state index in [4.69, 9.17) is 23.2 Å². The van der Waals surface area contributed by atoms with Crippen molar-refractivity contribution in [2.24, 2.45) is 16.7 Å². The number of aliphatic carboxylic acids is 1. The zero-order chi connectivity index (χ0) is 22.9. The lowest BCUT2D eigenvalue weighted by Crippen LogP contribution is -2.70. The number of nitrogens with one attached hydrogen (secondary N) is 2. The highest BCUT2D eigenvalue weighted by Crippen LogP contribution is 2.70. The number of hydrogen-bond donors (Lipinski definition) is 3. The van der Waals surface area contributed by atoms with Gasteiger partial charge >= 0.3 is 5.97 Å². The molecule has 1 aromatic rings. The molecule has 1 amide bonds. The van der Waals surface area contributed by atoms with Crippen LogP contribution in [0.25, 0.3) is 0 Å². The fourth-order valence-corrected chi connectivity index (χ4v) is 7.20. The number of hydrogen-bond acceptors (Lipinski definition) is 3. The summed E-state index contributed by atoms with van der Waals surface area (Å²) in [5, 5.41) is 17.2. The Bertz CT molecular complexity index is 1050. The van der Waals surface area contributed by atoms with E-state index in [9.17, 15) is 23.5 Å². The smallest absolute Gasteiger partial charge is 0.321 e. The van der Waals surface area contributed by atoms with Gasteiger partial charge in [-0.2, -0.15) is 0 Å². The van der Waals surface area contributed by atoms with E-state index in [-0.39, 0.29) is 18.7 Å². The number of allylic oxidation sites excluding steroid dienone is 2. The third-order valence-electron chi connectivity index (χ3n) is 7.83. The molecule has 2 heterocycles. The SMILES string of the molecule is O=C(O)[C@@H]1NC2(CC(CF)(CF)C2)[C@@]2(C(=O)NC3C=C(Cl)C=CC32)[C@H]1c1cccc(Cl)c1. The zero-order valence-electron chi connectivity index (χ0n) is 17.0. The second-order valence-electron chi connectivity index (χ2n) is 9.50. The molecule has 2 aliphatic heterocycles. The van der Waals surface area contributed by atoms with Crippen LogP contribution in [0.1, 0.15) is 24.3 Å². The van der Waals surface area contributed by atoms with Crippen molar-refractivity contribution in [1.29, 1.82) is 0 Å². The first-order valence-electron chi connectivity index (χ1n) is 10.5. The number of rotatable bonds is 4. The van der Waals surface area contributed by atoms with Crippen LogP contribution in [-0.2, 0) is 9.59 Å². The topological polar surface area (TPSA) is 78.4 Å². The van der Waals surface area contributed by atoms with E-state index in [1.54, 1.807) is 36.4 Å². The summed E-state index contributed by atoms with van der Waals surface area (Å²) in [6.07, 6.45) is 5.29. The van der Waals surface area contributed by atoms with E-state index in [1.807, 2.05) is 6.08 Å². The Hall–Kier alpha value is -1.96. The van der Waals surface area contributed by atoms with Gasteiger partial charge < -0.3 is 10.4 Å². The lowest BCUT2D eigenvalue weighted by atomic mass is 9.44. The minimum atomic E-state index is -1.29. The van der Waals surface area contributed by atoms with Crippen LogP contribution in [0.15, 0.2) is 47.5 Å². The van der Waals surface area contributed by atoms with Crippen molar-refractivity contribution in [2.75, 3.05) is 13.3 Å². The predicted octanol–water partition coefficient (Wildman–Crippen LogP) is 3.73. The summed E-state index contributed by atoms with van der Waals surface area (Å²) in [4.78, 5) is 26.3. The Morgan fingerprint density at radius 3 is 2.56 bits per heavy atom. The van der Waals surface area contributed by atoms with Crippen LogP contribution in [-0.4, -0.2) is 48.0 Å². The molecule has 3 N–H and O–H groups in total. The summed E-state index contributed by atoms with van der Waals surface area (Å²) in [7, 11) is 0. The summed E-state index contributed by atoms with van der Waals surface area (Å²) in [6.45, 7) is -1.75. The molecule has 5 rings (SSSR count). The van der Waals surface area contributed by atoms with Gasteiger partial charge in [-0.3, -0.25) is 23.7 Å². The molecule has 170 valence electrons. The molecule has 4 aliphatic rings. The molecular weight excluding hydrogens is 461 g/mol. The maximum absolute atomic E-state index is 13.9. The number of benzene rings is 1. The maximum atomic E-state index is 13.9. The Morgan fingerprint density at radius 1 is 1.22 bits per heavy atom. The van der Waals surface area contributed by atoms with Gasteiger partial charge in [-0.15, -0.1) is 0 Å². The number of carbonyl (C=O) groups is 2. The zero-order valence-corrected chi connectivity index (χ0v) is 18.5. The number of alkyl halides is 2. The first kappa shape index (κ1) is 21.9. The van der Waals surface area contributed by atoms with Gasteiger partial charge in [0, 0.05) is 32.8 Å². The molecular formula is C23H22Cl2F2N2O3. The van der Waals surface area contributed by atoms with Gasteiger partial charge in [-0.1, -0.05) is 41.4 Å². The maximum Gasteiger partial charge on any atom is 0.321 e. The highest BCUT2D eigenvalue weighted by atomic mass is 35.5. The molecule has 0 radical (unpaired) electrons. The number of carboxylic acids is 1. The molecule has 2 spiro atoms. The summed E-state index contributed by atoms with van der Waals surface area (Å²) in [5.41, 5.74) is -3.01. The van der Waals surface area contributed by atoms with Crippen LogP contribution < -0.4 is 10.6 Å². The van der Waals surface area contributed by atoms with Crippen molar-refractivity contribution in [3.63, 3.8) is 0 Å². The van der Waals surface area contributed by atoms with Crippen molar-refractivity contribution in [3.05, 3.63) is 58.1 Å². The van der Waals surface area contributed by atoms with E-state index in [0.29, 0.717) is 15.6 Å². The highest BCUT2D eigenvalue weighted by Gasteiger charge is 2.79. The second-order valence-corrected chi connectivity index (χ2v) is 10.4. The quantitative estimate of drug-likeness (QED) is 0.610. The molecule has 3 fully saturated rings. The molecule has 2 unspecified atom stereocenters. The lowest BCUT2D eigenvalue weighted by molar-refractivity contribution is -0.146. The number of carbonyl (C=O) groups excluding carboxylic acids is 1. The molecule has 0 aromatic heterocycles. The minimum Gasteiger partial charge on any atom is -0.480 e. The van der Waals surface area contributed by atoms with Crippen molar-refractivity contribution >= 4 is 35.1 Å². The van der Waals surface area contributed by atoms with E-state index in [0.717, 1.165) is 0 Å². The van der Waals surface area contributed by atoms with Gasteiger partial charge in [-0.25, -0.2) is 0 Å².